The smallest absolute Gasteiger partial charge is 0.220 e. The quantitative estimate of drug-likeness (QED) is 0.642. The molecule has 0 saturated carbocycles. The Bertz CT molecular complexity index is 903. The van der Waals surface area contributed by atoms with Crippen molar-refractivity contribution in [3.63, 3.8) is 0 Å². The van der Waals surface area contributed by atoms with Crippen LogP contribution in [0, 0.1) is 0 Å². The van der Waals surface area contributed by atoms with Crippen molar-refractivity contribution in [3.05, 3.63) is 60.4 Å². The number of imidazole rings is 1. The molecule has 2 N–H and O–H groups in total. The lowest BCUT2D eigenvalue weighted by Gasteiger charge is -2.09. The van der Waals surface area contributed by atoms with Gasteiger partial charge < -0.3 is 10.6 Å². The van der Waals surface area contributed by atoms with Crippen molar-refractivity contribution >= 4 is 22.8 Å². The summed E-state index contributed by atoms with van der Waals surface area (Å²) < 4.78 is 2.10. The number of hydrogen-bond acceptors (Lipinski definition) is 3. The van der Waals surface area contributed by atoms with Gasteiger partial charge in [-0.05, 0) is 24.3 Å². The van der Waals surface area contributed by atoms with Gasteiger partial charge in [0, 0.05) is 38.5 Å². The lowest BCUT2D eigenvalue weighted by molar-refractivity contribution is -0.122. The molecule has 0 saturated heterocycles. The summed E-state index contributed by atoms with van der Waals surface area (Å²) in [5.41, 5.74) is 2.97. The molecule has 0 aliphatic heterocycles. The average Bonchev–Trinajstić information content (AvgIpc) is 3.02. The zero-order valence-electron chi connectivity index (χ0n) is 14.7. The lowest BCUT2D eigenvalue weighted by atomic mass is 10.2. The average molecular weight is 350 g/mol. The molecule has 0 aliphatic rings. The van der Waals surface area contributed by atoms with Crippen molar-refractivity contribution in [2.24, 2.45) is 0 Å². The van der Waals surface area contributed by atoms with Crippen LogP contribution < -0.4 is 10.6 Å². The van der Waals surface area contributed by atoms with E-state index in [1.54, 1.807) is 0 Å². The number of benzene rings is 2. The van der Waals surface area contributed by atoms with E-state index in [1.165, 1.54) is 6.92 Å². The fraction of sp³-hybridized carbons (Fsp3) is 0.250. The van der Waals surface area contributed by atoms with Crippen molar-refractivity contribution in [1.82, 2.24) is 20.2 Å². The number of fused-ring (bicyclic) bond motifs is 1. The molecule has 2 amide bonds. The molecular formula is C20H22N4O2. The standard InChI is InChI=1S/C20H22N4O2/c1-15(25)21-13-14-22-20(26)12-11-19-23-17-9-5-6-10-18(17)24(19)16-7-3-2-4-8-16/h2-10H,11-14H2,1H3,(H,21,25)(H,22,26). The van der Waals surface area contributed by atoms with E-state index in [-0.39, 0.29) is 11.8 Å². The van der Waals surface area contributed by atoms with Crippen molar-refractivity contribution in [2.75, 3.05) is 13.1 Å². The number of rotatable bonds is 7. The minimum absolute atomic E-state index is 0.0537. The number of carbonyl (C=O) groups excluding carboxylic acids is 2. The Kier molecular flexibility index (Phi) is 5.63. The molecule has 0 spiro atoms. The predicted octanol–water partition coefficient (Wildman–Crippen LogP) is 2.21. The monoisotopic (exact) mass is 350 g/mol. The number of aromatic nitrogens is 2. The molecule has 1 heterocycles. The second kappa shape index (κ2) is 8.29. The number of nitrogens with zero attached hydrogens (tertiary/aromatic N) is 2. The fourth-order valence-corrected chi connectivity index (χ4v) is 2.86. The van der Waals surface area contributed by atoms with Gasteiger partial charge in [-0.15, -0.1) is 0 Å². The summed E-state index contributed by atoms with van der Waals surface area (Å²) in [7, 11) is 0. The third kappa shape index (κ3) is 4.27. The maximum atomic E-state index is 12.1. The van der Waals surface area contributed by atoms with E-state index in [0.717, 1.165) is 22.5 Å². The van der Waals surface area contributed by atoms with E-state index in [2.05, 4.69) is 15.2 Å². The molecular weight excluding hydrogens is 328 g/mol. The summed E-state index contributed by atoms with van der Waals surface area (Å²) in [6.45, 7) is 2.31. The zero-order valence-corrected chi connectivity index (χ0v) is 14.7. The summed E-state index contributed by atoms with van der Waals surface area (Å²) in [5, 5.41) is 5.46. The van der Waals surface area contributed by atoms with Crippen LogP contribution in [0.4, 0.5) is 0 Å². The van der Waals surface area contributed by atoms with Gasteiger partial charge in [0.25, 0.3) is 0 Å². The third-order valence-corrected chi connectivity index (χ3v) is 4.04. The Balaban J connectivity index is 1.72. The first kappa shape index (κ1) is 17.7. The molecule has 3 rings (SSSR count). The number of carbonyl (C=O) groups is 2. The van der Waals surface area contributed by atoms with Crippen LogP contribution in [0.15, 0.2) is 54.6 Å². The Morgan fingerprint density at radius 1 is 0.962 bits per heavy atom. The molecule has 0 radical (unpaired) electrons. The molecule has 0 atom stereocenters. The van der Waals surface area contributed by atoms with E-state index in [0.29, 0.717) is 25.9 Å². The van der Waals surface area contributed by atoms with Gasteiger partial charge >= 0.3 is 0 Å². The number of amides is 2. The normalized spacial score (nSPS) is 10.7. The number of hydrogen-bond donors (Lipinski definition) is 2. The van der Waals surface area contributed by atoms with Crippen LogP contribution in [0.25, 0.3) is 16.7 Å². The highest BCUT2D eigenvalue weighted by Crippen LogP contribution is 2.22. The van der Waals surface area contributed by atoms with Crippen molar-refractivity contribution in [1.29, 1.82) is 0 Å². The summed E-state index contributed by atoms with van der Waals surface area (Å²) in [5.74, 6) is 0.701. The minimum Gasteiger partial charge on any atom is -0.355 e. The second-order valence-corrected chi connectivity index (χ2v) is 6.02. The molecule has 6 heteroatoms. The van der Waals surface area contributed by atoms with Gasteiger partial charge in [0.15, 0.2) is 0 Å². The molecule has 0 unspecified atom stereocenters. The first-order valence-corrected chi connectivity index (χ1v) is 8.68. The van der Waals surface area contributed by atoms with Crippen molar-refractivity contribution < 1.29 is 9.59 Å². The molecule has 1 aromatic heterocycles. The first-order valence-electron chi connectivity index (χ1n) is 8.68. The fourth-order valence-electron chi connectivity index (χ4n) is 2.86. The molecule has 3 aromatic rings. The minimum atomic E-state index is -0.101. The summed E-state index contributed by atoms with van der Waals surface area (Å²) in [6.07, 6.45) is 0.881. The highest BCUT2D eigenvalue weighted by molar-refractivity contribution is 5.79. The largest absolute Gasteiger partial charge is 0.355 e. The van der Waals surface area contributed by atoms with Crippen LogP contribution in [0.5, 0.6) is 0 Å². The highest BCUT2D eigenvalue weighted by Gasteiger charge is 2.13. The Labute approximate surface area is 152 Å². The van der Waals surface area contributed by atoms with E-state index in [9.17, 15) is 9.59 Å². The number of nitrogens with one attached hydrogen (secondary N) is 2. The van der Waals surface area contributed by atoms with Gasteiger partial charge in [-0.25, -0.2) is 4.98 Å². The van der Waals surface area contributed by atoms with Crippen molar-refractivity contribution in [3.8, 4) is 5.69 Å². The predicted molar refractivity (Wildman–Crippen MR) is 101 cm³/mol. The molecule has 0 fully saturated rings. The number of aryl methyl sites for hydroxylation is 1. The zero-order chi connectivity index (χ0) is 18.4. The van der Waals surface area contributed by atoms with E-state index in [1.807, 2.05) is 54.6 Å². The number of para-hydroxylation sites is 3. The second-order valence-electron chi connectivity index (χ2n) is 6.02. The van der Waals surface area contributed by atoms with Gasteiger partial charge in [0.1, 0.15) is 5.82 Å². The summed E-state index contributed by atoms with van der Waals surface area (Å²) in [4.78, 5) is 27.6. The summed E-state index contributed by atoms with van der Waals surface area (Å²) in [6, 6.07) is 18.0. The summed E-state index contributed by atoms with van der Waals surface area (Å²) >= 11 is 0. The Hall–Kier alpha value is -3.15. The maximum absolute atomic E-state index is 12.1. The van der Waals surface area contributed by atoms with Gasteiger partial charge in [-0.1, -0.05) is 30.3 Å². The van der Waals surface area contributed by atoms with Crippen LogP contribution in [-0.2, 0) is 16.0 Å². The maximum Gasteiger partial charge on any atom is 0.220 e. The van der Waals surface area contributed by atoms with Crippen LogP contribution in [-0.4, -0.2) is 34.5 Å². The molecule has 0 bridgehead atoms. The van der Waals surface area contributed by atoms with Crippen molar-refractivity contribution in [2.45, 2.75) is 19.8 Å². The Morgan fingerprint density at radius 3 is 2.42 bits per heavy atom. The van der Waals surface area contributed by atoms with Crippen LogP contribution in [0.3, 0.4) is 0 Å². The Morgan fingerprint density at radius 2 is 1.65 bits per heavy atom. The first-order chi connectivity index (χ1) is 12.6. The SMILES string of the molecule is CC(=O)NCCNC(=O)CCc1nc2ccccc2n1-c1ccccc1. The van der Waals surface area contributed by atoms with E-state index < -0.39 is 0 Å². The van der Waals surface area contributed by atoms with Crippen LogP contribution in [0.2, 0.25) is 0 Å². The van der Waals surface area contributed by atoms with E-state index in [4.69, 9.17) is 4.98 Å². The topological polar surface area (TPSA) is 76.0 Å². The molecule has 134 valence electrons. The van der Waals surface area contributed by atoms with Crippen LogP contribution in [0.1, 0.15) is 19.2 Å². The molecule has 6 nitrogen and oxygen atoms in total. The van der Waals surface area contributed by atoms with Crippen LogP contribution >= 0.6 is 0 Å². The lowest BCUT2D eigenvalue weighted by Crippen LogP contribution is -2.33. The van der Waals surface area contributed by atoms with Gasteiger partial charge in [-0.2, -0.15) is 0 Å². The molecule has 0 aliphatic carbocycles. The van der Waals surface area contributed by atoms with Gasteiger partial charge in [-0.3, -0.25) is 14.2 Å². The highest BCUT2D eigenvalue weighted by atomic mass is 16.2. The molecule has 26 heavy (non-hydrogen) atoms. The third-order valence-electron chi connectivity index (χ3n) is 4.04. The van der Waals surface area contributed by atoms with Gasteiger partial charge in [0.2, 0.25) is 11.8 Å². The van der Waals surface area contributed by atoms with Gasteiger partial charge in [0.05, 0.1) is 11.0 Å². The van der Waals surface area contributed by atoms with E-state index >= 15 is 0 Å². The molecule has 2 aromatic carbocycles.